The van der Waals surface area contributed by atoms with Crippen molar-refractivity contribution in [3.05, 3.63) is 58.1 Å². The van der Waals surface area contributed by atoms with E-state index in [9.17, 15) is 4.79 Å². The molecule has 0 aromatic heterocycles. The zero-order chi connectivity index (χ0) is 15.7. The molecule has 1 aliphatic rings. The Morgan fingerprint density at radius 1 is 1.05 bits per heavy atom. The average Bonchev–Trinajstić information content (AvgIpc) is 2.55. The van der Waals surface area contributed by atoms with Crippen LogP contribution < -0.4 is 9.80 Å². The lowest BCUT2D eigenvalue weighted by molar-refractivity contribution is 0.0986. The van der Waals surface area contributed by atoms with Gasteiger partial charge < -0.3 is 9.80 Å². The van der Waals surface area contributed by atoms with Gasteiger partial charge in [-0.05, 0) is 37.3 Å². The number of nitrogens with zero attached hydrogens (tertiary/aromatic N) is 2. The molecule has 0 radical (unpaired) electrons. The Hall–Kier alpha value is -1.71. The summed E-state index contributed by atoms with van der Waals surface area (Å²) in [6.45, 7) is 4.52. The number of benzene rings is 2. The van der Waals surface area contributed by atoms with Crippen LogP contribution in [0.4, 0.5) is 11.4 Å². The minimum atomic E-state index is -0.0539. The molecule has 1 heterocycles. The number of carbonyl (C=O) groups is 1. The van der Waals surface area contributed by atoms with Gasteiger partial charge in [0.2, 0.25) is 0 Å². The Morgan fingerprint density at radius 2 is 1.77 bits per heavy atom. The van der Waals surface area contributed by atoms with Crippen molar-refractivity contribution in [3.8, 4) is 0 Å². The maximum absolute atomic E-state index is 12.8. The van der Waals surface area contributed by atoms with E-state index in [-0.39, 0.29) is 5.91 Å². The summed E-state index contributed by atoms with van der Waals surface area (Å²) in [5.74, 6) is -0.0539. The molecule has 1 aliphatic heterocycles. The number of carbonyl (C=O) groups excluding carboxylic acids is 1. The average molecular weight is 335 g/mol. The van der Waals surface area contributed by atoms with Crippen LogP contribution in [0.3, 0.4) is 0 Å². The number of likely N-dealkylation sites (N-methyl/N-ethyl adjacent to an activating group) is 1. The number of fused-ring (bicyclic) bond motifs is 1. The Labute approximate surface area is 140 Å². The van der Waals surface area contributed by atoms with Crippen molar-refractivity contribution in [3.63, 3.8) is 0 Å². The van der Waals surface area contributed by atoms with Gasteiger partial charge in [-0.15, -0.1) is 0 Å². The third-order valence-electron chi connectivity index (χ3n) is 3.90. The van der Waals surface area contributed by atoms with Gasteiger partial charge in [0, 0.05) is 25.2 Å². The van der Waals surface area contributed by atoms with Crippen LogP contribution in [-0.4, -0.2) is 25.5 Å². The van der Waals surface area contributed by atoms with Gasteiger partial charge in [-0.3, -0.25) is 4.79 Å². The lowest BCUT2D eigenvalue weighted by atomic mass is 10.1. The molecule has 114 valence electrons. The van der Waals surface area contributed by atoms with Crippen molar-refractivity contribution in [2.75, 3.05) is 29.4 Å². The fraction of sp³-hybridized carbons (Fsp3) is 0.235. The lowest BCUT2D eigenvalue weighted by Gasteiger charge is -2.37. The molecule has 0 saturated carbocycles. The first-order chi connectivity index (χ1) is 10.6. The van der Waals surface area contributed by atoms with Gasteiger partial charge >= 0.3 is 0 Å². The van der Waals surface area contributed by atoms with Crippen molar-refractivity contribution < 1.29 is 4.79 Å². The number of hydrogen-bond acceptors (Lipinski definition) is 2. The Morgan fingerprint density at radius 3 is 2.45 bits per heavy atom. The van der Waals surface area contributed by atoms with Crippen molar-refractivity contribution in [2.45, 2.75) is 6.92 Å². The van der Waals surface area contributed by atoms with E-state index in [0.717, 1.165) is 24.5 Å². The van der Waals surface area contributed by atoms with Gasteiger partial charge in [0.05, 0.1) is 21.4 Å². The van der Waals surface area contributed by atoms with Crippen molar-refractivity contribution in [1.29, 1.82) is 0 Å². The summed E-state index contributed by atoms with van der Waals surface area (Å²) >= 11 is 12.0. The van der Waals surface area contributed by atoms with E-state index in [4.69, 9.17) is 23.2 Å². The number of halogens is 2. The third-order valence-corrected chi connectivity index (χ3v) is 4.64. The predicted molar refractivity (Wildman–Crippen MR) is 92.5 cm³/mol. The summed E-state index contributed by atoms with van der Waals surface area (Å²) in [4.78, 5) is 16.9. The molecular formula is C17H16Cl2N2O. The Bertz CT molecular complexity index is 718. The second-order valence-electron chi connectivity index (χ2n) is 5.15. The summed E-state index contributed by atoms with van der Waals surface area (Å²) in [5, 5.41) is 0.849. The van der Waals surface area contributed by atoms with Crippen LogP contribution in [0.15, 0.2) is 42.5 Å². The molecule has 0 aliphatic carbocycles. The van der Waals surface area contributed by atoms with Gasteiger partial charge in [-0.1, -0.05) is 35.3 Å². The maximum atomic E-state index is 12.8. The number of rotatable bonds is 2. The van der Waals surface area contributed by atoms with E-state index in [1.54, 1.807) is 23.1 Å². The normalized spacial score (nSPS) is 14.0. The number of para-hydroxylation sites is 2. The molecule has 0 atom stereocenters. The summed E-state index contributed by atoms with van der Waals surface area (Å²) < 4.78 is 0. The van der Waals surface area contributed by atoms with Gasteiger partial charge in [-0.2, -0.15) is 0 Å². The van der Waals surface area contributed by atoms with Gasteiger partial charge in [0.1, 0.15) is 0 Å². The highest BCUT2D eigenvalue weighted by Gasteiger charge is 2.26. The highest BCUT2D eigenvalue weighted by atomic mass is 35.5. The fourth-order valence-corrected chi connectivity index (χ4v) is 3.04. The maximum Gasteiger partial charge on any atom is 0.258 e. The van der Waals surface area contributed by atoms with Crippen molar-refractivity contribution >= 4 is 40.5 Å². The van der Waals surface area contributed by atoms with Crippen LogP contribution in [0.5, 0.6) is 0 Å². The van der Waals surface area contributed by atoms with Crippen molar-refractivity contribution in [2.24, 2.45) is 0 Å². The molecule has 0 N–H and O–H groups in total. The van der Waals surface area contributed by atoms with E-state index in [2.05, 4.69) is 11.8 Å². The third kappa shape index (κ3) is 2.67. The molecule has 3 nitrogen and oxygen atoms in total. The monoisotopic (exact) mass is 334 g/mol. The SMILES string of the molecule is CCN1CCN(C(=O)c2ccc(Cl)c(Cl)c2)c2ccccc21. The highest BCUT2D eigenvalue weighted by Crippen LogP contribution is 2.34. The fourth-order valence-electron chi connectivity index (χ4n) is 2.75. The van der Waals surface area contributed by atoms with E-state index >= 15 is 0 Å². The van der Waals surface area contributed by atoms with Crippen LogP contribution in [0.1, 0.15) is 17.3 Å². The van der Waals surface area contributed by atoms with Gasteiger partial charge in [-0.25, -0.2) is 0 Å². The summed E-state index contributed by atoms with van der Waals surface area (Å²) in [6.07, 6.45) is 0. The first-order valence-electron chi connectivity index (χ1n) is 7.22. The first kappa shape index (κ1) is 15.2. The molecule has 0 bridgehead atoms. The molecule has 5 heteroatoms. The van der Waals surface area contributed by atoms with Crippen LogP contribution in [0.25, 0.3) is 0 Å². The van der Waals surface area contributed by atoms with E-state index in [1.807, 2.05) is 24.3 Å². The topological polar surface area (TPSA) is 23.6 Å². The largest absolute Gasteiger partial charge is 0.368 e. The second-order valence-corrected chi connectivity index (χ2v) is 5.97. The second kappa shape index (κ2) is 6.19. The smallest absolute Gasteiger partial charge is 0.258 e. The zero-order valence-corrected chi connectivity index (χ0v) is 13.7. The molecule has 22 heavy (non-hydrogen) atoms. The highest BCUT2D eigenvalue weighted by molar-refractivity contribution is 6.42. The van der Waals surface area contributed by atoms with E-state index in [0.29, 0.717) is 22.2 Å². The van der Waals surface area contributed by atoms with Crippen LogP contribution in [-0.2, 0) is 0 Å². The molecule has 0 saturated heterocycles. The molecular weight excluding hydrogens is 319 g/mol. The quantitative estimate of drug-likeness (QED) is 0.808. The number of amides is 1. The molecule has 0 fully saturated rings. The molecule has 2 aromatic carbocycles. The van der Waals surface area contributed by atoms with Gasteiger partial charge in [0.25, 0.3) is 5.91 Å². The number of hydrogen-bond donors (Lipinski definition) is 0. The van der Waals surface area contributed by atoms with E-state index < -0.39 is 0 Å². The summed E-state index contributed by atoms with van der Waals surface area (Å²) in [6, 6.07) is 13.0. The van der Waals surface area contributed by atoms with Gasteiger partial charge in [0.15, 0.2) is 0 Å². The minimum absolute atomic E-state index is 0.0539. The van der Waals surface area contributed by atoms with Crippen LogP contribution >= 0.6 is 23.2 Å². The summed E-state index contributed by atoms with van der Waals surface area (Å²) in [7, 11) is 0. The van der Waals surface area contributed by atoms with Crippen LogP contribution in [0.2, 0.25) is 10.0 Å². The summed E-state index contributed by atoms with van der Waals surface area (Å²) in [5.41, 5.74) is 2.57. The van der Waals surface area contributed by atoms with E-state index in [1.165, 1.54) is 0 Å². The molecule has 0 unspecified atom stereocenters. The standard InChI is InChI=1S/C17H16Cl2N2O/c1-2-20-9-10-21(16-6-4-3-5-15(16)20)17(22)12-7-8-13(18)14(19)11-12/h3-8,11H,2,9-10H2,1H3. The first-order valence-corrected chi connectivity index (χ1v) is 7.98. The lowest BCUT2D eigenvalue weighted by Crippen LogP contribution is -2.44. The molecule has 2 aromatic rings. The zero-order valence-electron chi connectivity index (χ0n) is 12.2. The molecule has 3 rings (SSSR count). The predicted octanol–water partition coefficient (Wildman–Crippen LogP) is 4.48. The molecule has 0 spiro atoms. The molecule has 1 amide bonds. The Kier molecular flexibility index (Phi) is 4.27. The Balaban J connectivity index is 1.98. The van der Waals surface area contributed by atoms with Crippen LogP contribution in [0, 0.1) is 0 Å². The minimum Gasteiger partial charge on any atom is -0.368 e. The van der Waals surface area contributed by atoms with Crippen molar-refractivity contribution in [1.82, 2.24) is 0 Å². The number of anilines is 2.